The van der Waals surface area contributed by atoms with Crippen LogP contribution in [0.5, 0.6) is 0 Å². The van der Waals surface area contributed by atoms with Gasteiger partial charge in [0.25, 0.3) is 11.6 Å². The summed E-state index contributed by atoms with van der Waals surface area (Å²) in [5.74, 6) is -1.38. The van der Waals surface area contributed by atoms with E-state index >= 15 is 0 Å². The number of anilines is 1. The lowest BCUT2D eigenvalue weighted by Crippen LogP contribution is -2.15. The van der Waals surface area contributed by atoms with Crippen LogP contribution in [0.1, 0.15) is 20.7 Å². The van der Waals surface area contributed by atoms with Gasteiger partial charge < -0.3 is 10.1 Å². The molecule has 1 heterocycles. The maximum atomic E-state index is 12.7. The molecule has 0 unspecified atom stereocenters. The summed E-state index contributed by atoms with van der Waals surface area (Å²) < 4.78 is 4.85. The third-order valence-corrected chi connectivity index (χ3v) is 5.02. The molecule has 7 nitrogen and oxygen atoms in total. The number of carbonyl (C=O) groups excluding carboxylic acids is 2. The molecule has 1 N–H and O–H groups in total. The average molecular weight is 417 g/mol. The van der Waals surface area contributed by atoms with Gasteiger partial charge in [-0.25, -0.2) is 4.79 Å². The number of nitrogens with zero attached hydrogens (tertiary/aromatic N) is 1. The number of carbonyl (C=O) groups is 2. The molecule has 0 aliphatic rings. The van der Waals surface area contributed by atoms with Crippen molar-refractivity contribution in [3.63, 3.8) is 0 Å². The van der Waals surface area contributed by atoms with Crippen molar-refractivity contribution in [2.24, 2.45) is 0 Å². The molecule has 3 rings (SSSR count). The Balaban J connectivity index is 2.03. The van der Waals surface area contributed by atoms with Crippen LogP contribution in [0, 0.1) is 10.1 Å². The zero-order valence-corrected chi connectivity index (χ0v) is 16.0. The van der Waals surface area contributed by atoms with Crippen molar-refractivity contribution in [3.8, 4) is 11.1 Å². The van der Waals surface area contributed by atoms with E-state index in [-0.39, 0.29) is 26.8 Å². The van der Waals surface area contributed by atoms with E-state index in [9.17, 15) is 19.7 Å². The molecule has 0 atom stereocenters. The minimum Gasteiger partial charge on any atom is -0.465 e. The van der Waals surface area contributed by atoms with Crippen LogP contribution in [0.3, 0.4) is 0 Å². The highest BCUT2D eigenvalue weighted by Gasteiger charge is 2.25. The fourth-order valence-electron chi connectivity index (χ4n) is 2.60. The first kappa shape index (κ1) is 19.5. The quantitative estimate of drug-likeness (QED) is 0.358. The smallest absolute Gasteiger partial charge is 0.341 e. The maximum absolute atomic E-state index is 12.7. The van der Waals surface area contributed by atoms with Crippen LogP contribution in [-0.4, -0.2) is 23.9 Å². The number of nitrogens with one attached hydrogen (secondary N) is 1. The van der Waals surface area contributed by atoms with E-state index in [4.69, 9.17) is 16.3 Å². The van der Waals surface area contributed by atoms with Crippen molar-refractivity contribution in [3.05, 3.63) is 80.2 Å². The van der Waals surface area contributed by atoms with Gasteiger partial charge in [-0.3, -0.25) is 14.9 Å². The first-order chi connectivity index (χ1) is 13.4. The molecule has 142 valence electrons. The Morgan fingerprint density at radius 1 is 1.18 bits per heavy atom. The zero-order valence-electron chi connectivity index (χ0n) is 14.5. The highest BCUT2D eigenvalue weighted by atomic mass is 35.5. The second-order valence-electron chi connectivity index (χ2n) is 5.58. The summed E-state index contributed by atoms with van der Waals surface area (Å²) in [6.07, 6.45) is 0. The number of hydrogen-bond donors (Lipinski definition) is 1. The second kappa shape index (κ2) is 8.20. The molecule has 1 amide bonds. The molecule has 0 aliphatic carbocycles. The van der Waals surface area contributed by atoms with Crippen LogP contribution < -0.4 is 5.32 Å². The number of halogens is 1. The molecule has 1 aromatic heterocycles. The summed E-state index contributed by atoms with van der Waals surface area (Å²) in [6, 6.07) is 12.8. The van der Waals surface area contributed by atoms with E-state index < -0.39 is 16.8 Å². The van der Waals surface area contributed by atoms with E-state index in [1.807, 2.05) is 30.3 Å². The Labute approximate surface area is 168 Å². The van der Waals surface area contributed by atoms with Gasteiger partial charge in [-0.2, -0.15) is 0 Å². The number of hydrogen-bond acceptors (Lipinski definition) is 6. The lowest BCUT2D eigenvalue weighted by atomic mass is 10.0. The topological polar surface area (TPSA) is 98.5 Å². The molecule has 28 heavy (non-hydrogen) atoms. The highest BCUT2D eigenvalue weighted by molar-refractivity contribution is 7.15. The number of esters is 1. The number of rotatable bonds is 5. The van der Waals surface area contributed by atoms with Gasteiger partial charge in [-0.05, 0) is 17.7 Å². The van der Waals surface area contributed by atoms with Gasteiger partial charge in [-0.15, -0.1) is 11.3 Å². The lowest BCUT2D eigenvalue weighted by molar-refractivity contribution is -0.385. The summed E-state index contributed by atoms with van der Waals surface area (Å²) in [5, 5.41) is 15.9. The lowest BCUT2D eigenvalue weighted by Gasteiger charge is -2.08. The molecule has 0 aliphatic heterocycles. The van der Waals surface area contributed by atoms with Crippen LogP contribution >= 0.6 is 22.9 Å². The molecule has 0 saturated heterocycles. The molecule has 0 spiro atoms. The van der Waals surface area contributed by atoms with Gasteiger partial charge in [0.1, 0.15) is 16.1 Å². The van der Waals surface area contributed by atoms with Crippen molar-refractivity contribution in [1.29, 1.82) is 0 Å². The van der Waals surface area contributed by atoms with Gasteiger partial charge in [0.05, 0.1) is 12.0 Å². The third-order valence-electron chi connectivity index (χ3n) is 3.89. The summed E-state index contributed by atoms with van der Waals surface area (Å²) in [4.78, 5) is 35.6. The predicted molar refractivity (Wildman–Crippen MR) is 107 cm³/mol. The first-order valence-corrected chi connectivity index (χ1v) is 9.18. The molecule has 2 aromatic carbocycles. The largest absolute Gasteiger partial charge is 0.465 e. The summed E-state index contributed by atoms with van der Waals surface area (Å²) in [5.41, 5.74) is 0.947. The SMILES string of the molecule is COC(=O)c1c(-c2ccccc2)csc1NC(=O)c1cc(Cl)ccc1[N+](=O)[O-]. The van der Waals surface area contributed by atoms with Gasteiger partial charge >= 0.3 is 5.97 Å². The fraction of sp³-hybridized carbons (Fsp3) is 0.0526. The Morgan fingerprint density at radius 3 is 2.54 bits per heavy atom. The number of nitro benzene ring substituents is 1. The minimum atomic E-state index is -0.749. The Morgan fingerprint density at radius 2 is 1.89 bits per heavy atom. The number of nitro groups is 1. The van der Waals surface area contributed by atoms with E-state index in [0.717, 1.165) is 23.0 Å². The molecule has 0 saturated carbocycles. The Hall–Kier alpha value is -3.23. The molecule has 0 radical (unpaired) electrons. The summed E-state index contributed by atoms with van der Waals surface area (Å²) in [6.45, 7) is 0. The monoisotopic (exact) mass is 416 g/mol. The number of benzene rings is 2. The number of methoxy groups -OCH3 is 1. The number of ether oxygens (including phenoxy) is 1. The van der Waals surface area contributed by atoms with E-state index in [2.05, 4.69) is 5.32 Å². The minimum absolute atomic E-state index is 0.178. The first-order valence-electron chi connectivity index (χ1n) is 7.93. The predicted octanol–water partition coefficient (Wildman–Crippen LogP) is 5.02. The molecule has 9 heteroatoms. The third kappa shape index (κ3) is 3.88. The Kier molecular flexibility index (Phi) is 5.72. The second-order valence-corrected chi connectivity index (χ2v) is 6.90. The van der Waals surface area contributed by atoms with Crippen LogP contribution in [0.25, 0.3) is 11.1 Å². The van der Waals surface area contributed by atoms with Gasteiger partial charge in [0, 0.05) is 22.0 Å². The van der Waals surface area contributed by atoms with Crippen LogP contribution in [0.4, 0.5) is 10.7 Å². The zero-order chi connectivity index (χ0) is 20.3. The van der Waals surface area contributed by atoms with Crippen molar-refractivity contribution in [1.82, 2.24) is 0 Å². The summed E-state index contributed by atoms with van der Waals surface area (Å²) >= 11 is 7.00. The van der Waals surface area contributed by atoms with Gasteiger partial charge in [-0.1, -0.05) is 41.9 Å². The van der Waals surface area contributed by atoms with E-state index in [1.54, 1.807) is 5.38 Å². The van der Waals surface area contributed by atoms with E-state index in [0.29, 0.717) is 5.56 Å². The number of amides is 1. The molecule has 0 bridgehead atoms. The maximum Gasteiger partial charge on any atom is 0.341 e. The van der Waals surface area contributed by atoms with Crippen molar-refractivity contribution in [2.75, 3.05) is 12.4 Å². The van der Waals surface area contributed by atoms with Gasteiger partial charge in [0.15, 0.2) is 0 Å². The standard InChI is InChI=1S/C19H13ClN2O5S/c1-27-19(24)16-14(11-5-3-2-4-6-11)10-28-18(16)21-17(23)13-9-12(20)7-8-15(13)22(25)26/h2-10H,1H3,(H,21,23). The molecule has 3 aromatic rings. The normalized spacial score (nSPS) is 10.4. The van der Waals surface area contributed by atoms with Crippen LogP contribution in [0.15, 0.2) is 53.9 Å². The Bertz CT molecular complexity index is 1070. The van der Waals surface area contributed by atoms with Gasteiger partial charge in [0.2, 0.25) is 0 Å². The summed E-state index contributed by atoms with van der Waals surface area (Å²) in [7, 11) is 1.24. The van der Waals surface area contributed by atoms with E-state index in [1.165, 1.54) is 19.2 Å². The molecular weight excluding hydrogens is 404 g/mol. The molecular formula is C19H13ClN2O5S. The molecule has 0 fully saturated rings. The van der Waals surface area contributed by atoms with Crippen molar-refractivity contribution in [2.45, 2.75) is 0 Å². The van der Waals surface area contributed by atoms with Crippen molar-refractivity contribution >= 4 is 45.5 Å². The van der Waals surface area contributed by atoms with Crippen LogP contribution in [-0.2, 0) is 4.74 Å². The average Bonchev–Trinajstić information content (AvgIpc) is 3.11. The van der Waals surface area contributed by atoms with Crippen molar-refractivity contribution < 1.29 is 19.2 Å². The fourth-order valence-corrected chi connectivity index (χ4v) is 3.73. The van der Waals surface area contributed by atoms with Crippen LogP contribution in [0.2, 0.25) is 5.02 Å². The highest BCUT2D eigenvalue weighted by Crippen LogP contribution is 2.36. The number of thiophene rings is 1.